The zero-order valence-corrected chi connectivity index (χ0v) is 15.5. The van der Waals surface area contributed by atoms with Crippen LogP contribution in [0.15, 0.2) is 64.7 Å². The number of anilines is 1. The smallest absolute Gasteiger partial charge is 0.323 e. The van der Waals surface area contributed by atoms with E-state index in [0.717, 1.165) is 10.1 Å². The summed E-state index contributed by atoms with van der Waals surface area (Å²) in [5, 5.41) is 3.48. The molecular formula is C20H18ClN3O3. The molecule has 7 heteroatoms. The molecule has 0 aliphatic carbocycles. The first kappa shape index (κ1) is 18.7. The van der Waals surface area contributed by atoms with E-state index in [0.29, 0.717) is 21.6 Å². The Bertz CT molecular complexity index is 1160. The summed E-state index contributed by atoms with van der Waals surface area (Å²) < 4.78 is 2.33. The molecule has 0 saturated carbocycles. The van der Waals surface area contributed by atoms with Gasteiger partial charge in [0.15, 0.2) is 0 Å². The van der Waals surface area contributed by atoms with Crippen LogP contribution in [-0.2, 0) is 17.9 Å². The summed E-state index contributed by atoms with van der Waals surface area (Å²) in [6.07, 6.45) is 1.47. The minimum atomic E-state index is -0.566. The topological polar surface area (TPSA) is 73.1 Å². The third-order valence-electron chi connectivity index (χ3n) is 4.14. The van der Waals surface area contributed by atoms with Gasteiger partial charge in [0.1, 0.15) is 6.54 Å². The van der Waals surface area contributed by atoms with Gasteiger partial charge in [0.25, 0.3) is 5.56 Å². The molecule has 1 amide bonds. The van der Waals surface area contributed by atoms with Crippen molar-refractivity contribution in [3.8, 4) is 0 Å². The molecule has 0 atom stereocenters. The number of amides is 1. The van der Waals surface area contributed by atoms with Gasteiger partial charge >= 0.3 is 5.69 Å². The number of hydrogen-bond acceptors (Lipinski definition) is 3. The second-order valence-electron chi connectivity index (χ2n) is 6.12. The Balaban J connectivity index is 2.03. The van der Waals surface area contributed by atoms with E-state index in [-0.39, 0.29) is 13.1 Å². The van der Waals surface area contributed by atoms with Crippen molar-refractivity contribution in [1.82, 2.24) is 9.13 Å². The van der Waals surface area contributed by atoms with Crippen molar-refractivity contribution >= 4 is 34.1 Å². The molecule has 2 aromatic carbocycles. The van der Waals surface area contributed by atoms with Crippen LogP contribution in [-0.4, -0.2) is 15.0 Å². The number of para-hydroxylation sites is 1. The number of nitrogens with one attached hydrogen (secondary N) is 1. The van der Waals surface area contributed by atoms with Gasteiger partial charge in [-0.3, -0.25) is 18.7 Å². The van der Waals surface area contributed by atoms with Crippen molar-refractivity contribution in [3.05, 3.63) is 86.5 Å². The van der Waals surface area contributed by atoms with E-state index in [1.807, 2.05) is 13.0 Å². The van der Waals surface area contributed by atoms with Gasteiger partial charge in [0.2, 0.25) is 5.91 Å². The Morgan fingerprint density at radius 2 is 1.93 bits per heavy atom. The molecule has 0 unspecified atom stereocenters. The lowest BCUT2D eigenvalue weighted by atomic mass is 10.2. The average molecular weight is 384 g/mol. The van der Waals surface area contributed by atoms with E-state index >= 15 is 0 Å². The number of rotatable bonds is 5. The van der Waals surface area contributed by atoms with Crippen molar-refractivity contribution in [1.29, 1.82) is 0 Å². The highest BCUT2D eigenvalue weighted by Crippen LogP contribution is 2.22. The highest BCUT2D eigenvalue weighted by Gasteiger charge is 2.15. The fourth-order valence-electron chi connectivity index (χ4n) is 2.87. The summed E-state index contributed by atoms with van der Waals surface area (Å²) in [5.41, 5.74) is 0.858. The molecule has 0 radical (unpaired) electrons. The van der Waals surface area contributed by atoms with Gasteiger partial charge in [-0.2, -0.15) is 0 Å². The van der Waals surface area contributed by atoms with Crippen molar-refractivity contribution in [2.75, 3.05) is 5.32 Å². The van der Waals surface area contributed by atoms with Gasteiger partial charge in [-0.25, -0.2) is 4.79 Å². The molecule has 0 saturated heterocycles. The van der Waals surface area contributed by atoms with Crippen LogP contribution in [0.1, 0.15) is 5.56 Å². The van der Waals surface area contributed by atoms with E-state index in [4.69, 9.17) is 11.6 Å². The fourth-order valence-corrected chi connectivity index (χ4v) is 3.15. The number of hydrogen-bond donors (Lipinski definition) is 1. The van der Waals surface area contributed by atoms with E-state index in [9.17, 15) is 14.4 Å². The van der Waals surface area contributed by atoms with E-state index in [2.05, 4.69) is 11.9 Å². The summed E-state index contributed by atoms with van der Waals surface area (Å²) in [6.45, 7) is 5.29. The number of fused-ring (bicyclic) bond motifs is 1. The van der Waals surface area contributed by atoms with Gasteiger partial charge in [-0.15, -0.1) is 6.58 Å². The van der Waals surface area contributed by atoms with Gasteiger partial charge < -0.3 is 5.32 Å². The SMILES string of the molecule is C=CCn1c(=O)c2ccccc2n(CC(=O)Nc2ccc(C)cc2Cl)c1=O. The molecule has 0 aliphatic rings. The molecule has 0 aliphatic heterocycles. The lowest BCUT2D eigenvalue weighted by Crippen LogP contribution is -2.41. The third kappa shape index (κ3) is 3.71. The minimum Gasteiger partial charge on any atom is -0.323 e. The molecule has 27 heavy (non-hydrogen) atoms. The normalized spacial score (nSPS) is 10.7. The lowest BCUT2D eigenvalue weighted by Gasteiger charge is -2.14. The number of aromatic nitrogens is 2. The van der Waals surface area contributed by atoms with Crippen LogP contribution in [0.5, 0.6) is 0 Å². The van der Waals surface area contributed by atoms with Crippen molar-refractivity contribution in [2.24, 2.45) is 0 Å². The molecule has 0 bridgehead atoms. The van der Waals surface area contributed by atoms with Gasteiger partial charge in [0, 0.05) is 6.54 Å². The summed E-state index contributed by atoms with van der Waals surface area (Å²) in [7, 11) is 0. The first-order valence-electron chi connectivity index (χ1n) is 8.31. The Morgan fingerprint density at radius 1 is 1.19 bits per heavy atom. The average Bonchev–Trinajstić information content (AvgIpc) is 2.64. The second kappa shape index (κ2) is 7.63. The van der Waals surface area contributed by atoms with Crippen LogP contribution in [0.3, 0.4) is 0 Å². The van der Waals surface area contributed by atoms with Crippen LogP contribution >= 0.6 is 11.6 Å². The highest BCUT2D eigenvalue weighted by molar-refractivity contribution is 6.33. The third-order valence-corrected chi connectivity index (χ3v) is 4.46. The number of carbonyl (C=O) groups is 1. The van der Waals surface area contributed by atoms with Crippen molar-refractivity contribution < 1.29 is 4.79 Å². The van der Waals surface area contributed by atoms with E-state index < -0.39 is 17.2 Å². The van der Waals surface area contributed by atoms with Gasteiger partial charge in [0.05, 0.1) is 21.6 Å². The van der Waals surface area contributed by atoms with Crippen LogP contribution in [0.4, 0.5) is 5.69 Å². The fraction of sp³-hybridized carbons (Fsp3) is 0.150. The number of halogens is 1. The van der Waals surface area contributed by atoms with Gasteiger partial charge in [-0.1, -0.05) is 35.9 Å². The summed E-state index contributed by atoms with van der Waals surface area (Å²) >= 11 is 6.15. The standard InChI is InChI=1S/C20H18ClN3O3/c1-3-10-23-19(26)14-6-4-5-7-17(14)24(20(23)27)12-18(25)22-16-9-8-13(2)11-15(16)21/h3-9,11H,1,10,12H2,2H3,(H,22,25). The zero-order chi connectivity index (χ0) is 19.6. The monoisotopic (exact) mass is 383 g/mol. The van der Waals surface area contributed by atoms with Crippen LogP contribution < -0.4 is 16.6 Å². The molecule has 1 heterocycles. The first-order valence-corrected chi connectivity index (χ1v) is 8.69. The number of carbonyl (C=O) groups excluding carboxylic acids is 1. The summed E-state index contributed by atoms with van der Waals surface area (Å²) in [4.78, 5) is 37.8. The van der Waals surface area contributed by atoms with Crippen molar-refractivity contribution in [3.63, 3.8) is 0 Å². The number of allylic oxidation sites excluding steroid dienone is 1. The van der Waals surface area contributed by atoms with Gasteiger partial charge in [-0.05, 0) is 36.8 Å². The molecule has 0 fully saturated rings. The molecule has 6 nitrogen and oxygen atoms in total. The summed E-state index contributed by atoms with van der Waals surface area (Å²) in [6, 6.07) is 12.0. The Hall–Kier alpha value is -3.12. The predicted molar refractivity (Wildman–Crippen MR) is 107 cm³/mol. The molecule has 1 N–H and O–H groups in total. The Labute approximate surface area is 160 Å². The first-order chi connectivity index (χ1) is 12.9. The maximum absolute atomic E-state index is 12.8. The molecule has 1 aromatic heterocycles. The lowest BCUT2D eigenvalue weighted by molar-refractivity contribution is -0.116. The molecule has 0 spiro atoms. The molecular weight excluding hydrogens is 366 g/mol. The summed E-state index contributed by atoms with van der Waals surface area (Å²) in [5.74, 6) is -0.420. The number of nitrogens with zero attached hydrogens (tertiary/aromatic N) is 2. The predicted octanol–water partition coefficient (Wildman–Crippen LogP) is 2.95. The van der Waals surface area contributed by atoms with E-state index in [1.54, 1.807) is 36.4 Å². The Morgan fingerprint density at radius 3 is 2.63 bits per heavy atom. The van der Waals surface area contributed by atoms with Crippen LogP contribution in [0, 0.1) is 6.92 Å². The van der Waals surface area contributed by atoms with Crippen molar-refractivity contribution in [2.45, 2.75) is 20.0 Å². The van der Waals surface area contributed by atoms with E-state index in [1.165, 1.54) is 10.6 Å². The maximum atomic E-state index is 12.8. The molecule has 138 valence electrons. The highest BCUT2D eigenvalue weighted by atomic mass is 35.5. The Kier molecular flexibility index (Phi) is 5.28. The van der Waals surface area contributed by atoms with Crippen LogP contribution in [0.25, 0.3) is 10.9 Å². The number of aryl methyl sites for hydroxylation is 1. The minimum absolute atomic E-state index is 0.0634. The molecule has 3 aromatic rings. The molecule has 3 rings (SSSR count). The quantitative estimate of drug-likeness (QED) is 0.688. The maximum Gasteiger partial charge on any atom is 0.332 e. The van der Waals surface area contributed by atoms with Crippen LogP contribution in [0.2, 0.25) is 5.02 Å². The number of benzene rings is 2. The zero-order valence-electron chi connectivity index (χ0n) is 14.7. The largest absolute Gasteiger partial charge is 0.332 e. The second-order valence-corrected chi connectivity index (χ2v) is 6.53.